The minimum atomic E-state index is -1.29. The van der Waals surface area contributed by atoms with Crippen LogP contribution in [0.4, 0.5) is 0 Å². The van der Waals surface area contributed by atoms with Crippen molar-refractivity contribution in [3.63, 3.8) is 0 Å². The number of rotatable bonds is 2. The van der Waals surface area contributed by atoms with Gasteiger partial charge in [0.15, 0.2) is 17.2 Å². The molecule has 7 nitrogen and oxygen atoms in total. The van der Waals surface area contributed by atoms with E-state index in [-0.39, 0.29) is 5.56 Å². The number of carboxylic acid groups (broad SMARTS) is 2. The summed E-state index contributed by atoms with van der Waals surface area (Å²) in [5.41, 5.74) is 3.32. The fraction of sp³-hybridized carbons (Fsp3) is 0.176. The van der Waals surface area contributed by atoms with Crippen molar-refractivity contribution in [3.8, 4) is 17.2 Å². The Hall–Kier alpha value is -3.22. The molecule has 0 spiro atoms. The quantitative estimate of drug-likeness (QED) is 0.533. The lowest BCUT2D eigenvalue weighted by Gasteiger charge is -2.05. The van der Waals surface area contributed by atoms with E-state index in [4.69, 9.17) is 25.5 Å². The maximum absolute atomic E-state index is 10.6. The van der Waals surface area contributed by atoms with Gasteiger partial charge in [-0.2, -0.15) is 0 Å². The van der Waals surface area contributed by atoms with Gasteiger partial charge >= 0.3 is 11.9 Å². The van der Waals surface area contributed by atoms with Gasteiger partial charge in [-0.25, -0.2) is 9.59 Å². The van der Waals surface area contributed by atoms with Crippen LogP contribution in [-0.4, -0.2) is 37.5 Å². The standard InChI is InChI=1S/C10H12O2.C7H6O5/c1-6-4-9(10(11)12)5-7(2)8(6)3;8-4-1-3(7(11)12)2-5(9)6(4)10/h4-5H,1-3H3,(H,11,12);1-2,8-10H,(H,11,12). The Morgan fingerprint density at radius 2 is 1.04 bits per heavy atom. The van der Waals surface area contributed by atoms with E-state index in [0.717, 1.165) is 23.3 Å². The van der Waals surface area contributed by atoms with Gasteiger partial charge < -0.3 is 25.5 Å². The molecule has 0 saturated carbocycles. The molecule has 2 rings (SSSR count). The average Bonchev–Trinajstić information content (AvgIpc) is 2.49. The van der Waals surface area contributed by atoms with Crippen molar-refractivity contribution in [2.75, 3.05) is 0 Å². The van der Waals surface area contributed by atoms with Crippen LogP contribution in [-0.2, 0) is 0 Å². The molecule has 7 heteroatoms. The second-order valence-electron chi connectivity index (χ2n) is 5.21. The van der Waals surface area contributed by atoms with Crippen LogP contribution in [0.5, 0.6) is 17.2 Å². The molecular weight excluding hydrogens is 316 g/mol. The van der Waals surface area contributed by atoms with Crippen molar-refractivity contribution in [1.82, 2.24) is 0 Å². The second-order valence-corrected chi connectivity index (χ2v) is 5.21. The molecule has 0 aliphatic carbocycles. The Kier molecular flexibility index (Phi) is 5.78. The lowest BCUT2D eigenvalue weighted by Crippen LogP contribution is -1.99. The Morgan fingerprint density at radius 1 is 0.708 bits per heavy atom. The number of aromatic hydroxyl groups is 3. The van der Waals surface area contributed by atoms with Gasteiger partial charge in [-0.3, -0.25) is 0 Å². The molecule has 2 aromatic carbocycles. The van der Waals surface area contributed by atoms with Gasteiger partial charge in [0.2, 0.25) is 0 Å². The van der Waals surface area contributed by atoms with E-state index >= 15 is 0 Å². The molecule has 0 radical (unpaired) electrons. The SMILES string of the molecule is Cc1cc(C(=O)O)cc(C)c1C.O=C(O)c1cc(O)c(O)c(O)c1. The van der Waals surface area contributed by atoms with E-state index in [1.54, 1.807) is 12.1 Å². The fourth-order valence-corrected chi connectivity index (χ4v) is 1.89. The topological polar surface area (TPSA) is 135 Å². The van der Waals surface area contributed by atoms with E-state index in [0.29, 0.717) is 5.56 Å². The molecule has 0 fully saturated rings. The summed E-state index contributed by atoms with van der Waals surface area (Å²) in [6, 6.07) is 5.09. The van der Waals surface area contributed by atoms with Crippen LogP contribution in [0.3, 0.4) is 0 Å². The fourth-order valence-electron chi connectivity index (χ4n) is 1.89. The number of phenolic OH excluding ortho intramolecular Hbond substituents is 3. The molecule has 5 N–H and O–H groups in total. The summed E-state index contributed by atoms with van der Waals surface area (Å²) < 4.78 is 0. The molecule has 0 aliphatic rings. The maximum atomic E-state index is 10.6. The van der Waals surface area contributed by atoms with Gasteiger partial charge in [-0.1, -0.05) is 0 Å². The summed E-state index contributed by atoms with van der Waals surface area (Å²) in [5.74, 6) is -4.19. The largest absolute Gasteiger partial charge is 0.504 e. The Balaban J connectivity index is 0.000000240. The molecule has 0 amide bonds. The third-order valence-corrected chi connectivity index (χ3v) is 3.49. The first-order valence-corrected chi connectivity index (χ1v) is 6.84. The van der Waals surface area contributed by atoms with Gasteiger partial charge in [0.1, 0.15) is 0 Å². The molecule has 0 aliphatic heterocycles. The van der Waals surface area contributed by atoms with Crippen molar-refractivity contribution in [2.45, 2.75) is 20.8 Å². The molecule has 0 unspecified atom stereocenters. The van der Waals surface area contributed by atoms with Crippen LogP contribution in [0, 0.1) is 20.8 Å². The normalized spacial score (nSPS) is 9.79. The predicted octanol–water partition coefficient (Wildman–Crippen LogP) is 2.81. The van der Waals surface area contributed by atoms with Crippen LogP contribution >= 0.6 is 0 Å². The summed E-state index contributed by atoms with van der Waals surface area (Å²) in [7, 11) is 0. The first-order chi connectivity index (χ1) is 11.0. The first kappa shape index (κ1) is 18.8. The van der Waals surface area contributed by atoms with Crippen molar-refractivity contribution in [2.24, 2.45) is 0 Å². The monoisotopic (exact) mass is 334 g/mol. The number of hydrogen-bond acceptors (Lipinski definition) is 5. The van der Waals surface area contributed by atoms with Crippen LogP contribution in [0.1, 0.15) is 37.4 Å². The highest BCUT2D eigenvalue weighted by Crippen LogP contribution is 2.35. The predicted molar refractivity (Wildman–Crippen MR) is 86.0 cm³/mol. The van der Waals surface area contributed by atoms with E-state index in [2.05, 4.69) is 0 Å². The number of aromatic carboxylic acids is 2. The molecule has 24 heavy (non-hydrogen) atoms. The van der Waals surface area contributed by atoms with Crippen LogP contribution in [0.15, 0.2) is 24.3 Å². The molecule has 0 bridgehead atoms. The minimum absolute atomic E-state index is 0.289. The molecule has 0 atom stereocenters. The molecule has 0 saturated heterocycles. The van der Waals surface area contributed by atoms with Gasteiger partial charge in [0, 0.05) is 0 Å². The van der Waals surface area contributed by atoms with Crippen molar-refractivity contribution >= 4 is 11.9 Å². The third kappa shape index (κ3) is 4.39. The number of carbonyl (C=O) groups is 2. The smallest absolute Gasteiger partial charge is 0.335 e. The first-order valence-electron chi connectivity index (χ1n) is 6.84. The van der Waals surface area contributed by atoms with Gasteiger partial charge in [0.05, 0.1) is 11.1 Å². The highest BCUT2D eigenvalue weighted by atomic mass is 16.4. The zero-order valence-corrected chi connectivity index (χ0v) is 13.4. The maximum Gasteiger partial charge on any atom is 0.335 e. The third-order valence-electron chi connectivity index (χ3n) is 3.49. The van der Waals surface area contributed by atoms with Crippen molar-refractivity contribution in [1.29, 1.82) is 0 Å². The van der Waals surface area contributed by atoms with Crippen LogP contribution in [0.2, 0.25) is 0 Å². The van der Waals surface area contributed by atoms with Crippen LogP contribution in [0.25, 0.3) is 0 Å². The molecule has 2 aromatic rings. The summed E-state index contributed by atoms with van der Waals surface area (Å²) in [6.07, 6.45) is 0. The summed E-state index contributed by atoms with van der Waals surface area (Å²) in [6.45, 7) is 5.85. The summed E-state index contributed by atoms with van der Waals surface area (Å²) in [4.78, 5) is 20.9. The van der Waals surface area contributed by atoms with Crippen molar-refractivity contribution in [3.05, 3.63) is 52.1 Å². The molecule has 128 valence electrons. The highest BCUT2D eigenvalue weighted by molar-refractivity contribution is 5.89. The number of hydrogen-bond donors (Lipinski definition) is 5. The minimum Gasteiger partial charge on any atom is -0.504 e. The van der Waals surface area contributed by atoms with Crippen molar-refractivity contribution < 1.29 is 35.1 Å². The molecule has 0 aromatic heterocycles. The van der Waals surface area contributed by atoms with E-state index < -0.39 is 29.2 Å². The number of benzene rings is 2. The van der Waals surface area contributed by atoms with E-state index in [1.807, 2.05) is 20.8 Å². The van der Waals surface area contributed by atoms with Gasteiger partial charge in [0.25, 0.3) is 0 Å². The lowest BCUT2D eigenvalue weighted by atomic mass is 10.0. The van der Waals surface area contributed by atoms with Gasteiger partial charge in [-0.05, 0) is 61.7 Å². The Morgan fingerprint density at radius 3 is 1.38 bits per heavy atom. The Labute approximate surface area is 138 Å². The lowest BCUT2D eigenvalue weighted by molar-refractivity contribution is 0.0685. The zero-order valence-electron chi connectivity index (χ0n) is 13.4. The number of aryl methyl sites for hydroxylation is 2. The molecular formula is C17H18O7. The summed E-state index contributed by atoms with van der Waals surface area (Å²) in [5, 5.41) is 43.7. The molecule has 0 heterocycles. The second kappa shape index (κ2) is 7.36. The average molecular weight is 334 g/mol. The van der Waals surface area contributed by atoms with E-state index in [9.17, 15) is 9.59 Å². The van der Waals surface area contributed by atoms with E-state index in [1.165, 1.54) is 5.56 Å². The van der Waals surface area contributed by atoms with Gasteiger partial charge in [-0.15, -0.1) is 0 Å². The Bertz CT molecular complexity index is 680. The zero-order chi connectivity index (χ0) is 18.6. The number of phenols is 3. The highest BCUT2D eigenvalue weighted by Gasteiger charge is 2.11. The van der Waals surface area contributed by atoms with Crippen LogP contribution < -0.4 is 0 Å². The summed E-state index contributed by atoms with van der Waals surface area (Å²) >= 11 is 0. The number of carboxylic acids is 2.